The van der Waals surface area contributed by atoms with E-state index in [4.69, 9.17) is 0 Å². The van der Waals surface area contributed by atoms with Crippen molar-refractivity contribution in [2.24, 2.45) is 4.99 Å². The summed E-state index contributed by atoms with van der Waals surface area (Å²) in [4.78, 5) is 9.19. The van der Waals surface area contributed by atoms with Crippen molar-refractivity contribution in [2.45, 2.75) is 50.0 Å². The lowest BCUT2D eigenvalue weighted by atomic mass is 9.65. The number of guanidine groups is 1. The summed E-state index contributed by atoms with van der Waals surface area (Å²) >= 11 is 0. The van der Waals surface area contributed by atoms with E-state index in [2.05, 4.69) is 43.7 Å². The van der Waals surface area contributed by atoms with Crippen LogP contribution in [0, 0.1) is 0 Å². The predicted octanol–water partition coefficient (Wildman–Crippen LogP) is 0.972. The van der Waals surface area contributed by atoms with Crippen molar-refractivity contribution in [1.29, 1.82) is 0 Å². The van der Waals surface area contributed by atoms with E-state index in [1.54, 1.807) is 0 Å². The standard InChI is InChI=1S/C12H24BN3/c1-12(13)7-5-6-9-10(8-12)16(4)11(14-2)15(9)3/h9-10H,5-8,13H2,1-4H3/b14-11-. The normalized spacial score (nSPS) is 42.4. The molecule has 0 spiro atoms. The van der Waals surface area contributed by atoms with Crippen LogP contribution < -0.4 is 0 Å². The molecule has 16 heavy (non-hydrogen) atoms. The molecule has 0 aromatic heterocycles. The monoisotopic (exact) mass is 221 g/mol. The van der Waals surface area contributed by atoms with Crippen molar-refractivity contribution in [2.75, 3.05) is 21.1 Å². The van der Waals surface area contributed by atoms with Crippen LogP contribution in [0.5, 0.6) is 0 Å². The third-order valence-corrected chi connectivity index (χ3v) is 4.39. The van der Waals surface area contributed by atoms with Gasteiger partial charge in [0.25, 0.3) is 0 Å². The Labute approximate surface area is 100 Å². The van der Waals surface area contributed by atoms with Crippen LogP contribution in [0.2, 0.25) is 5.31 Å². The molecule has 2 fully saturated rings. The average molecular weight is 221 g/mol. The van der Waals surface area contributed by atoms with Gasteiger partial charge in [-0.3, -0.25) is 4.99 Å². The Morgan fingerprint density at radius 1 is 1.31 bits per heavy atom. The minimum Gasteiger partial charge on any atom is -0.341 e. The van der Waals surface area contributed by atoms with Gasteiger partial charge in [-0.05, 0) is 12.8 Å². The lowest BCUT2D eigenvalue weighted by molar-refractivity contribution is 0.280. The van der Waals surface area contributed by atoms with Crippen LogP contribution in [0.4, 0.5) is 0 Å². The Kier molecular flexibility index (Phi) is 2.93. The summed E-state index contributed by atoms with van der Waals surface area (Å²) < 4.78 is 0. The largest absolute Gasteiger partial charge is 0.341 e. The van der Waals surface area contributed by atoms with Crippen LogP contribution in [-0.2, 0) is 0 Å². The van der Waals surface area contributed by atoms with Gasteiger partial charge in [-0.15, -0.1) is 0 Å². The van der Waals surface area contributed by atoms with E-state index in [0.717, 1.165) is 5.96 Å². The molecule has 3 nitrogen and oxygen atoms in total. The highest BCUT2D eigenvalue weighted by molar-refractivity contribution is 6.14. The molecule has 1 aliphatic heterocycles. The SMILES string of the molecule is BC1(C)CCCC2C(C1)N(C)/C(=N\C)N2C. The molecule has 0 bridgehead atoms. The molecule has 1 saturated carbocycles. The van der Waals surface area contributed by atoms with E-state index in [0.29, 0.717) is 17.4 Å². The second-order valence-electron chi connectivity index (χ2n) is 6.14. The Balaban J connectivity index is 2.26. The van der Waals surface area contributed by atoms with Crippen molar-refractivity contribution in [3.8, 4) is 0 Å². The van der Waals surface area contributed by atoms with Gasteiger partial charge in [-0.2, -0.15) is 0 Å². The van der Waals surface area contributed by atoms with Crippen LogP contribution in [0.25, 0.3) is 0 Å². The molecule has 2 rings (SSSR count). The first-order chi connectivity index (χ1) is 7.46. The molecule has 0 aromatic rings. The number of likely N-dealkylation sites (N-methyl/N-ethyl adjacent to an activating group) is 2. The number of fused-ring (bicyclic) bond motifs is 1. The van der Waals surface area contributed by atoms with Crippen molar-refractivity contribution in [3.63, 3.8) is 0 Å². The van der Waals surface area contributed by atoms with Gasteiger partial charge in [0.2, 0.25) is 0 Å². The third-order valence-electron chi connectivity index (χ3n) is 4.39. The highest BCUT2D eigenvalue weighted by atomic mass is 15.4. The van der Waals surface area contributed by atoms with E-state index in [9.17, 15) is 0 Å². The van der Waals surface area contributed by atoms with Gasteiger partial charge in [0.15, 0.2) is 5.96 Å². The Morgan fingerprint density at radius 3 is 2.56 bits per heavy atom. The zero-order valence-electron chi connectivity index (χ0n) is 11.3. The Hall–Kier alpha value is -0.665. The van der Waals surface area contributed by atoms with Crippen molar-refractivity contribution in [3.05, 3.63) is 0 Å². The number of hydrogen-bond donors (Lipinski definition) is 0. The number of rotatable bonds is 0. The quantitative estimate of drug-likeness (QED) is 0.568. The first-order valence-electron chi connectivity index (χ1n) is 6.39. The lowest BCUT2D eigenvalue weighted by Gasteiger charge is -2.30. The minimum atomic E-state index is 0.484. The smallest absolute Gasteiger partial charge is 0.196 e. The van der Waals surface area contributed by atoms with E-state index in [1.165, 1.54) is 25.7 Å². The van der Waals surface area contributed by atoms with Crippen LogP contribution in [0.15, 0.2) is 4.99 Å². The topological polar surface area (TPSA) is 18.8 Å². The van der Waals surface area contributed by atoms with Gasteiger partial charge in [0.05, 0.1) is 12.1 Å². The molecule has 1 aliphatic carbocycles. The first-order valence-corrected chi connectivity index (χ1v) is 6.39. The Bertz CT molecular complexity index is 301. The third kappa shape index (κ3) is 1.83. The van der Waals surface area contributed by atoms with E-state index >= 15 is 0 Å². The van der Waals surface area contributed by atoms with Crippen LogP contribution in [0.3, 0.4) is 0 Å². The summed E-state index contributed by atoms with van der Waals surface area (Å²) in [6.45, 7) is 2.41. The fraction of sp³-hybridized carbons (Fsp3) is 0.917. The summed E-state index contributed by atoms with van der Waals surface area (Å²) in [7, 11) is 8.70. The molecule has 0 N–H and O–H groups in total. The van der Waals surface area contributed by atoms with Crippen LogP contribution in [-0.4, -0.2) is 56.8 Å². The second-order valence-corrected chi connectivity index (χ2v) is 6.14. The summed E-state index contributed by atoms with van der Waals surface area (Å²) in [6, 6.07) is 1.33. The number of nitrogens with zero attached hydrogens (tertiary/aromatic N) is 3. The first kappa shape index (κ1) is 11.8. The maximum Gasteiger partial charge on any atom is 0.196 e. The molecule has 2 aliphatic rings. The fourth-order valence-electron chi connectivity index (χ4n) is 3.49. The molecule has 90 valence electrons. The summed E-state index contributed by atoms with van der Waals surface area (Å²) in [5.74, 6) is 1.16. The fourth-order valence-corrected chi connectivity index (χ4v) is 3.49. The zero-order valence-corrected chi connectivity index (χ0v) is 11.3. The summed E-state index contributed by atoms with van der Waals surface area (Å²) in [5.41, 5.74) is 0. The van der Waals surface area contributed by atoms with Gasteiger partial charge >= 0.3 is 0 Å². The highest BCUT2D eigenvalue weighted by Gasteiger charge is 2.43. The molecule has 0 amide bonds. The van der Waals surface area contributed by atoms with Gasteiger partial charge < -0.3 is 9.80 Å². The molecule has 3 atom stereocenters. The molecule has 1 saturated heterocycles. The van der Waals surface area contributed by atoms with Crippen LogP contribution >= 0.6 is 0 Å². The lowest BCUT2D eigenvalue weighted by Crippen LogP contribution is -2.35. The molecular formula is C12H24BN3. The highest BCUT2D eigenvalue weighted by Crippen LogP contribution is 2.42. The van der Waals surface area contributed by atoms with Gasteiger partial charge in [0, 0.05) is 21.1 Å². The van der Waals surface area contributed by atoms with Gasteiger partial charge in [-0.1, -0.05) is 25.1 Å². The van der Waals surface area contributed by atoms with Crippen LogP contribution in [0.1, 0.15) is 32.6 Å². The molecule has 0 radical (unpaired) electrons. The maximum absolute atomic E-state index is 4.42. The summed E-state index contributed by atoms with van der Waals surface area (Å²) in [5, 5.41) is 0.484. The number of aliphatic imine (C=N–C) groups is 1. The maximum atomic E-state index is 4.42. The van der Waals surface area contributed by atoms with E-state index in [1.807, 2.05) is 7.05 Å². The molecule has 0 aromatic carbocycles. The van der Waals surface area contributed by atoms with Gasteiger partial charge in [-0.25, -0.2) is 0 Å². The second kappa shape index (κ2) is 3.97. The predicted molar refractivity (Wildman–Crippen MR) is 71.8 cm³/mol. The molecule has 1 heterocycles. The minimum absolute atomic E-state index is 0.484. The Morgan fingerprint density at radius 2 is 1.94 bits per heavy atom. The van der Waals surface area contributed by atoms with Gasteiger partial charge in [0.1, 0.15) is 7.85 Å². The molecule has 4 heteroatoms. The molecular weight excluding hydrogens is 197 g/mol. The zero-order chi connectivity index (χ0) is 11.9. The van der Waals surface area contributed by atoms with E-state index < -0.39 is 0 Å². The number of hydrogen-bond acceptors (Lipinski definition) is 1. The van der Waals surface area contributed by atoms with Crippen molar-refractivity contribution < 1.29 is 0 Å². The summed E-state index contributed by atoms with van der Waals surface area (Å²) in [6.07, 6.45) is 5.31. The molecule has 3 unspecified atom stereocenters. The van der Waals surface area contributed by atoms with Crippen molar-refractivity contribution >= 4 is 13.8 Å². The van der Waals surface area contributed by atoms with Crippen molar-refractivity contribution in [1.82, 2.24) is 9.80 Å². The van der Waals surface area contributed by atoms with E-state index in [-0.39, 0.29) is 0 Å². The average Bonchev–Trinajstić information content (AvgIpc) is 2.37.